The van der Waals surface area contributed by atoms with Crippen molar-refractivity contribution in [2.45, 2.75) is 38.6 Å². The smallest absolute Gasteiger partial charge is 0.275 e. The van der Waals surface area contributed by atoms with Crippen LogP contribution in [0.15, 0.2) is 58.5 Å². The molecule has 8 heteroatoms. The topological polar surface area (TPSA) is 108 Å². The SMILES string of the molecule is CC[C@@H](C)/C(C)=N\NC(=O)c1cc(S(=O)(=O)NCc2ccccc2)ccc1O. The Hall–Kier alpha value is -2.71. The van der Waals surface area contributed by atoms with Gasteiger partial charge in [-0.3, -0.25) is 4.79 Å². The summed E-state index contributed by atoms with van der Waals surface area (Å²) in [6.07, 6.45) is 0.872. The van der Waals surface area contributed by atoms with Crippen molar-refractivity contribution in [2.24, 2.45) is 11.0 Å². The lowest BCUT2D eigenvalue weighted by Gasteiger charge is -2.11. The van der Waals surface area contributed by atoms with E-state index in [9.17, 15) is 18.3 Å². The Morgan fingerprint density at radius 1 is 1.18 bits per heavy atom. The molecule has 7 nitrogen and oxygen atoms in total. The maximum absolute atomic E-state index is 12.5. The second-order valence-corrected chi connectivity index (χ2v) is 8.26. The zero-order valence-electron chi connectivity index (χ0n) is 16.1. The molecular formula is C20H25N3O4S. The molecule has 0 unspecified atom stereocenters. The predicted octanol–water partition coefficient (Wildman–Crippen LogP) is 3.02. The number of nitrogens with one attached hydrogen (secondary N) is 2. The molecule has 0 aliphatic rings. The van der Waals surface area contributed by atoms with Crippen LogP contribution >= 0.6 is 0 Å². The van der Waals surface area contributed by atoms with Gasteiger partial charge in [-0.15, -0.1) is 0 Å². The van der Waals surface area contributed by atoms with Crippen molar-refractivity contribution in [3.63, 3.8) is 0 Å². The van der Waals surface area contributed by atoms with Crippen molar-refractivity contribution in [3.8, 4) is 5.75 Å². The van der Waals surface area contributed by atoms with Crippen LogP contribution in [0.2, 0.25) is 0 Å². The van der Waals surface area contributed by atoms with E-state index < -0.39 is 15.9 Å². The number of hydrogen-bond acceptors (Lipinski definition) is 5. The second kappa shape index (κ2) is 9.48. The van der Waals surface area contributed by atoms with Gasteiger partial charge < -0.3 is 5.11 Å². The number of amides is 1. The first-order chi connectivity index (χ1) is 13.2. The molecule has 0 heterocycles. The molecular weight excluding hydrogens is 378 g/mol. The summed E-state index contributed by atoms with van der Waals surface area (Å²) < 4.78 is 27.5. The average molecular weight is 404 g/mol. The van der Waals surface area contributed by atoms with E-state index in [-0.39, 0.29) is 28.7 Å². The van der Waals surface area contributed by atoms with Gasteiger partial charge in [-0.2, -0.15) is 5.10 Å². The van der Waals surface area contributed by atoms with Crippen LogP contribution in [0.25, 0.3) is 0 Å². The minimum atomic E-state index is -3.86. The Balaban J connectivity index is 2.18. The predicted molar refractivity (Wildman–Crippen MR) is 109 cm³/mol. The lowest BCUT2D eigenvalue weighted by atomic mass is 10.1. The van der Waals surface area contributed by atoms with Gasteiger partial charge in [-0.1, -0.05) is 44.2 Å². The number of nitrogens with zero attached hydrogens (tertiary/aromatic N) is 1. The minimum Gasteiger partial charge on any atom is -0.507 e. The van der Waals surface area contributed by atoms with Gasteiger partial charge in [0.1, 0.15) is 5.75 Å². The van der Waals surface area contributed by atoms with Crippen LogP contribution in [0.4, 0.5) is 0 Å². The summed E-state index contributed by atoms with van der Waals surface area (Å²) in [4.78, 5) is 12.2. The number of aromatic hydroxyl groups is 1. The molecule has 150 valence electrons. The van der Waals surface area contributed by atoms with Gasteiger partial charge >= 0.3 is 0 Å². The van der Waals surface area contributed by atoms with E-state index in [1.807, 2.05) is 32.0 Å². The zero-order chi connectivity index (χ0) is 20.7. The van der Waals surface area contributed by atoms with Crippen LogP contribution in [-0.4, -0.2) is 25.1 Å². The standard InChI is InChI=1S/C20H25N3O4S/c1-4-14(2)15(3)22-23-20(25)18-12-17(10-11-19(18)24)28(26,27)21-13-16-8-6-5-7-9-16/h5-12,14,21,24H,4,13H2,1-3H3,(H,23,25)/b22-15-/t14-/m1/s1. The van der Waals surface area contributed by atoms with E-state index >= 15 is 0 Å². The van der Waals surface area contributed by atoms with Crippen LogP contribution < -0.4 is 10.1 Å². The highest BCUT2D eigenvalue weighted by Crippen LogP contribution is 2.21. The van der Waals surface area contributed by atoms with E-state index in [4.69, 9.17) is 0 Å². The molecule has 1 atom stereocenters. The van der Waals surface area contributed by atoms with Crippen molar-refractivity contribution < 1.29 is 18.3 Å². The highest BCUT2D eigenvalue weighted by atomic mass is 32.2. The second-order valence-electron chi connectivity index (χ2n) is 6.49. The minimum absolute atomic E-state index is 0.115. The van der Waals surface area contributed by atoms with E-state index in [1.54, 1.807) is 19.1 Å². The lowest BCUT2D eigenvalue weighted by Crippen LogP contribution is -2.24. The van der Waals surface area contributed by atoms with Crippen LogP contribution in [0, 0.1) is 5.92 Å². The maximum Gasteiger partial charge on any atom is 0.275 e. The van der Waals surface area contributed by atoms with E-state index in [0.29, 0.717) is 0 Å². The third-order valence-electron chi connectivity index (χ3n) is 4.49. The van der Waals surface area contributed by atoms with Crippen molar-refractivity contribution >= 4 is 21.6 Å². The molecule has 0 saturated carbocycles. The number of phenolic OH excluding ortho intramolecular Hbond substituents is 1. The number of rotatable bonds is 8. The number of phenols is 1. The first-order valence-corrected chi connectivity index (χ1v) is 10.4. The monoisotopic (exact) mass is 403 g/mol. The highest BCUT2D eigenvalue weighted by Gasteiger charge is 2.19. The largest absolute Gasteiger partial charge is 0.507 e. The summed E-state index contributed by atoms with van der Waals surface area (Å²) in [7, 11) is -3.86. The molecule has 0 aliphatic carbocycles. The molecule has 0 fully saturated rings. The zero-order valence-corrected chi connectivity index (χ0v) is 17.0. The fraction of sp³-hybridized carbons (Fsp3) is 0.300. The normalized spacial score (nSPS) is 13.2. The van der Waals surface area contributed by atoms with Gasteiger partial charge in [0.25, 0.3) is 5.91 Å². The van der Waals surface area contributed by atoms with Crippen LogP contribution in [0.1, 0.15) is 43.1 Å². The Morgan fingerprint density at radius 2 is 1.86 bits per heavy atom. The maximum atomic E-state index is 12.5. The molecule has 2 aromatic carbocycles. The van der Waals surface area contributed by atoms with Gasteiger partial charge in [0.15, 0.2) is 0 Å². The number of hydrazone groups is 1. The van der Waals surface area contributed by atoms with E-state index in [2.05, 4.69) is 15.2 Å². The van der Waals surface area contributed by atoms with Crippen LogP contribution in [-0.2, 0) is 16.6 Å². The first kappa shape index (κ1) is 21.6. The van der Waals surface area contributed by atoms with Crippen molar-refractivity contribution in [1.82, 2.24) is 10.1 Å². The fourth-order valence-corrected chi connectivity index (χ4v) is 3.37. The molecule has 0 bridgehead atoms. The molecule has 0 saturated heterocycles. The molecule has 0 aliphatic heterocycles. The number of hydrogen-bond donors (Lipinski definition) is 3. The van der Waals surface area contributed by atoms with Gasteiger partial charge in [-0.25, -0.2) is 18.6 Å². The Bertz CT molecular complexity index is 957. The van der Waals surface area contributed by atoms with Gasteiger partial charge in [0.2, 0.25) is 10.0 Å². The first-order valence-electron chi connectivity index (χ1n) is 8.95. The molecule has 0 radical (unpaired) electrons. The van der Waals surface area contributed by atoms with Crippen LogP contribution in [0.3, 0.4) is 0 Å². The molecule has 3 N–H and O–H groups in total. The van der Waals surface area contributed by atoms with Crippen LogP contribution in [0.5, 0.6) is 5.75 Å². The van der Waals surface area contributed by atoms with Gasteiger partial charge in [0, 0.05) is 12.3 Å². The summed E-state index contributed by atoms with van der Waals surface area (Å²) in [6.45, 7) is 5.90. The third-order valence-corrected chi connectivity index (χ3v) is 5.89. The number of sulfonamides is 1. The molecule has 28 heavy (non-hydrogen) atoms. The number of carbonyl (C=O) groups is 1. The van der Waals surface area contributed by atoms with Crippen molar-refractivity contribution in [1.29, 1.82) is 0 Å². The summed E-state index contributed by atoms with van der Waals surface area (Å²) in [5.41, 5.74) is 3.74. The van der Waals surface area contributed by atoms with Gasteiger partial charge in [0.05, 0.1) is 10.5 Å². The summed E-state index contributed by atoms with van der Waals surface area (Å²) >= 11 is 0. The fourth-order valence-electron chi connectivity index (χ4n) is 2.33. The van der Waals surface area contributed by atoms with Gasteiger partial charge in [-0.05, 0) is 43.0 Å². The Morgan fingerprint density at radius 3 is 2.50 bits per heavy atom. The van der Waals surface area contributed by atoms with Crippen molar-refractivity contribution in [2.75, 3.05) is 0 Å². The summed E-state index contributed by atoms with van der Waals surface area (Å²) in [6, 6.07) is 12.6. The summed E-state index contributed by atoms with van der Waals surface area (Å²) in [5.74, 6) is -0.807. The molecule has 0 spiro atoms. The molecule has 1 amide bonds. The Kier molecular flexibility index (Phi) is 7.31. The quantitative estimate of drug-likeness (QED) is 0.465. The van der Waals surface area contributed by atoms with E-state index in [1.165, 1.54) is 12.1 Å². The highest BCUT2D eigenvalue weighted by molar-refractivity contribution is 7.89. The molecule has 2 rings (SSSR count). The number of benzene rings is 2. The Labute approximate surface area is 165 Å². The van der Waals surface area contributed by atoms with E-state index in [0.717, 1.165) is 23.8 Å². The summed E-state index contributed by atoms with van der Waals surface area (Å²) in [5, 5.41) is 14.0. The third kappa shape index (κ3) is 5.64. The lowest BCUT2D eigenvalue weighted by molar-refractivity contribution is 0.0951. The average Bonchev–Trinajstić information content (AvgIpc) is 2.70. The number of carbonyl (C=O) groups excluding carboxylic acids is 1. The molecule has 2 aromatic rings. The van der Waals surface area contributed by atoms with Crippen molar-refractivity contribution in [3.05, 3.63) is 59.7 Å². The molecule has 0 aromatic heterocycles.